The summed E-state index contributed by atoms with van der Waals surface area (Å²) in [7, 11) is 1.64. The first-order chi connectivity index (χ1) is 18.6. The maximum atomic E-state index is 9.55. The topological polar surface area (TPSA) is 136 Å². The molecule has 1 aliphatic rings. The molecule has 2 aromatic heterocycles. The molecule has 2 aromatic carbocycles. The lowest BCUT2D eigenvalue weighted by Crippen LogP contribution is -2.20. The minimum Gasteiger partial charge on any atom is -0.495 e. The van der Waals surface area contributed by atoms with Crippen molar-refractivity contribution in [3.8, 4) is 28.7 Å². The molecule has 1 aliphatic heterocycles. The minimum atomic E-state index is -0.255. The summed E-state index contributed by atoms with van der Waals surface area (Å²) < 4.78 is 13.2. The molecule has 2 N–H and O–H groups in total. The normalized spacial score (nSPS) is 13.8. The molecule has 0 unspecified atom stereocenters. The third-order valence-corrected chi connectivity index (χ3v) is 6.13. The summed E-state index contributed by atoms with van der Waals surface area (Å²) in [6.45, 7) is 4.18. The number of ether oxygens (including phenoxy) is 2. The van der Waals surface area contributed by atoms with Gasteiger partial charge in [-0.15, -0.1) is 5.10 Å². The number of nitriles is 1. The molecule has 0 fully saturated rings. The Morgan fingerprint density at radius 2 is 1.95 bits per heavy atom. The standard InChI is InChI=1S/C27H27N9O2/c1-18(16-36-17-32-34-35-36)38-26-12-21(3-4-22(26)13-28)23-14-30-27(31-15-23)33-24-11-20(5-6-25(24)37-2)19-7-9-29-10-8-19/h3-7,11-12,14-15,17-18,29H,8-10,16H2,1-2H3,(H,30,31,33)/t18-/m0/s1. The maximum Gasteiger partial charge on any atom is 0.227 e. The van der Waals surface area contributed by atoms with Gasteiger partial charge >= 0.3 is 0 Å². The molecule has 4 aromatic rings. The molecule has 11 heteroatoms. The zero-order valence-corrected chi connectivity index (χ0v) is 21.1. The highest BCUT2D eigenvalue weighted by molar-refractivity contribution is 5.74. The lowest BCUT2D eigenvalue weighted by molar-refractivity contribution is 0.192. The first-order valence-electron chi connectivity index (χ1n) is 12.2. The molecule has 0 aliphatic carbocycles. The van der Waals surface area contributed by atoms with Gasteiger partial charge in [0.25, 0.3) is 0 Å². The lowest BCUT2D eigenvalue weighted by atomic mass is 9.99. The van der Waals surface area contributed by atoms with E-state index in [1.54, 1.807) is 30.3 Å². The van der Waals surface area contributed by atoms with E-state index in [0.717, 1.165) is 41.9 Å². The first kappa shape index (κ1) is 24.9. The van der Waals surface area contributed by atoms with Gasteiger partial charge in [-0.05, 0) is 71.3 Å². The van der Waals surface area contributed by atoms with Crippen molar-refractivity contribution in [1.29, 1.82) is 5.26 Å². The van der Waals surface area contributed by atoms with Gasteiger partial charge in [-0.2, -0.15) is 5.26 Å². The summed E-state index contributed by atoms with van der Waals surface area (Å²) in [6, 6.07) is 13.7. The maximum absolute atomic E-state index is 9.55. The van der Waals surface area contributed by atoms with Gasteiger partial charge in [0, 0.05) is 24.5 Å². The van der Waals surface area contributed by atoms with Gasteiger partial charge in [-0.3, -0.25) is 0 Å². The van der Waals surface area contributed by atoms with Crippen LogP contribution in [0.15, 0.2) is 61.2 Å². The number of rotatable bonds is 9. The molecule has 3 heterocycles. The van der Waals surface area contributed by atoms with Crippen molar-refractivity contribution >= 4 is 17.2 Å². The smallest absolute Gasteiger partial charge is 0.227 e. The van der Waals surface area contributed by atoms with Crippen LogP contribution in [-0.2, 0) is 6.54 Å². The van der Waals surface area contributed by atoms with E-state index >= 15 is 0 Å². The molecule has 5 rings (SSSR count). The Kier molecular flexibility index (Phi) is 7.52. The van der Waals surface area contributed by atoms with E-state index in [4.69, 9.17) is 9.47 Å². The number of aromatic nitrogens is 6. The van der Waals surface area contributed by atoms with Crippen LogP contribution in [-0.4, -0.2) is 56.5 Å². The minimum absolute atomic E-state index is 0.255. The van der Waals surface area contributed by atoms with Crippen molar-refractivity contribution in [2.75, 3.05) is 25.5 Å². The zero-order chi connectivity index (χ0) is 26.3. The van der Waals surface area contributed by atoms with Crippen LogP contribution in [0.4, 0.5) is 11.6 Å². The van der Waals surface area contributed by atoms with Crippen LogP contribution in [0.5, 0.6) is 11.5 Å². The van der Waals surface area contributed by atoms with Crippen molar-refractivity contribution in [2.45, 2.75) is 26.0 Å². The second kappa shape index (κ2) is 11.5. The van der Waals surface area contributed by atoms with Gasteiger partial charge in [0.15, 0.2) is 0 Å². The number of methoxy groups -OCH3 is 1. The molecular weight excluding hydrogens is 482 g/mol. The molecule has 0 radical (unpaired) electrons. The van der Waals surface area contributed by atoms with Crippen molar-refractivity contribution in [3.63, 3.8) is 0 Å². The van der Waals surface area contributed by atoms with Crippen LogP contribution in [0.3, 0.4) is 0 Å². The Labute approximate surface area is 220 Å². The van der Waals surface area contributed by atoms with Crippen LogP contribution in [0.1, 0.15) is 24.5 Å². The molecule has 192 valence electrons. The van der Waals surface area contributed by atoms with E-state index in [1.807, 2.05) is 25.1 Å². The summed E-state index contributed by atoms with van der Waals surface area (Å²) in [6.07, 6.45) is 7.92. The quantitative estimate of drug-likeness (QED) is 0.344. The number of hydrogen-bond donors (Lipinski definition) is 2. The van der Waals surface area contributed by atoms with Gasteiger partial charge in [-0.25, -0.2) is 14.6 Å². The second-order valence-electron chi connectivity index (χ2n) is 8.80. The highest BCUT2D eigenvalue weighted by Gasteiger charge is 2.14. The molecule has 11 nitrogen and oxygen atoms in total. The van der Waals surface area contributed by atoms with Crippen LogP contribution >= 0.6 is 0 Å². The highest BCUT2D eigenvalue weighted by atomic mass is 16.5. The van der Waals surface area contributed by atoms with Gasteiger partial charge < -0.3 is 20.1 Å². The van der Waals surface area contributed by atoms with E-state index in [2.05, 4.69) is 60.4 Å². The van der Waals surface area contributed by atoms with Gasteiger partial charge in [-0.1, -0.05) is 18.2 Å². The van der Waals surface area contributed by atoms with Gasteiger partial charge in [0.2, 0.25) is 5.95 Å². The fourth-order valence-corrected chi connectivity index (χ4v) is 4.23. The van der Waals surface area contributed by atoms with Crippen LogP contribution in [0.25, 0.3) is 16.7 Å². The Morgan fingerprint density at radius 1 is 1.11 bits per heavy atom. The number of tetrazole rings is 1. The summed E-state index contributed by atoms with van der Waals surface area (Å²) in [4.78, 5) is 9.03. The van der Waals surface area contributed by atoms with E-state index in [1.165, 1.54) is 11.9 Å². The summed E-state index contributed by atoms with van der Waals surface area (Å²) >= 11 is 0. The Morgan fingerprint density at radius 3 is 2.66 bits per heavy atom. The third kappa shape index (κ3) is 5.77. The number of nitrogens with zero attached hydrogens (tertiary/aromatic N) is 7. The molecule has 0 amide bonds. The Bertz CT molecular complexity index is 1460. The highest BCUT2D eigenvalue weighted by Crippen LogP contribution is 2.32. The summed E-state index contributed by atoms with van der Waals surface area (Å²) in [5.41, 5.74) is 5.30. The average molecular weight is 510 g/mol. The van der Waals surface area contributed by atoms with Crippen LogP contribution in [0, 0.1) is 11.3 Å². The lowest BCUT2D eigenvalue weighted by Gasteiger charge is -2.17. The molecule has 0 bridgehead atoms. The first-order valence-corrected chi connectivity index (χ1v) is 12.2. The van der Waals surface area contributed by atoms with E-state index in [9.17, 15) is 5.26 Å². The number of benzene rings is 2. The molecule has 0 saturated carbocycles. The largest absolute Gasteiger partial charge is 0.495 e. The molecule has 0 saturated heterocycles. The average Bonchev–Trinajstić information content (AvgIpc) is 3.47. The van der Waals surface area contributed by atoms with Crippen LogP contribution < -0.4 is 20.1 Å². The Balaban J connectivity index is 1.33. The monoisotopic (exact) mass is 509 g/mol. The number of hydrogen-bond acceptors (Lipinski definition) is 10. The summed E-state index contributed by atoms with van der Waals surface area (Å²) in [5, 5.41) is 27.3. The fourth-order valence-electron chi connectivity index (χ4n) is 4.23. The summed E-state index contributed by atoms with van der Waals surface area (Å²) in [5.74, 6) is 1.63. The molecule has 1 atom stereocenters. The SMILES string of the molecule is COc1ccc(C2=CCNCC2)cc1Nc1ncc(-c2ccc(C#N)c(O[C@@H](C)Cn3cnnn3)c2)cn1. The van der Waals surface area contributed by atoms with E-state index in [-0.39, 0.29) is 6.10 Å². The molecule has 0 spiro atoms. The fraction of sp³-hybridized carbons (Fsp3) is 0.259. The predicted molar refractivity (Wildman–Crippen MR) is 142 cm³/mol. The predicted octanol–water partition coefficient (Wildman–Crippen LogP) is 3.60. The van der Waals surface area contributed by atoms with Crippen molar-refractivity contribution in [1.82, 2.24) is 35.5 Å². The van der Waals surface area contributed by atoms with Crippen LogP contribution in [0.2, 0.25) is 0 Å². The zero-order valence-electron chi connectivity index (χ0n) is 21.1. The van der Waals surface area contributed by atoms with E-state index in [0.29, 0.717) is 29.6 Å². The Hall–Kier alpha value is -4.82. The number of anilines is 2. The van der Waals surface area contributed by atoms with Crippen molar-refractivity contribution in [2.24, 2.45) is 0 Å². The molecule has 38 heavy (non-hydrogen) atoms. The molecular formula is C27H27N9O2. The van der Waals surface area contributed by atoms with Gasteiger partial charge in [0.05, 0.1) is 24.9 Å². The van der Waals surface area contributed by atoms with E-state index < -0.39 is 0 Å². The second-order valence-corrected chi connectivity index (χ2v) is 8.80. The number of nitrogens with one attached hydrogen (secondary N) is 2. The van der Waals surface area contributed by atoms with Gasteiger partial charge in [0.1, 0.15) is 30.0 Å². The van der Waals surface area contributed by atoms with Crippen molar-refractivity contribution < 1.29 is 9.47 Å². The third-order valence-electron chi connectivity index (χ3n) is 6.13. The van der Waals surface area contributed by atoms with Crippen molar-refractivity contribution in [3.05, 3.63) is 72.3 Å².